The fourth-order valence-corrected chi connectivity index (χ4v) is 5.90. The first-order valence-electron chi connectivity index (χ1n) is 13.0. The average molecular weight is 548 g/mol. The second kappa shape index (κ2) is 10.1. The van der Waals surface area contributed by atoms with E-state index in [1.807, 2.05) is 60.8 Å². The van der Waals surface area contributed by atoms with Crippen molar-refractivity contribution < 1.29 is 14.4 Å². The molecular weight excluding hydrogens is 522 g/mol. The van der Waals surface area contributed by atoms with Gasteiger partial charge in [0.15, 0.2) is 0 Å². The first-order chi connectivity index (χ1) is 19.4. The fraction of sp³-hybridized carbons (Fsp3) is 0.121. The van der Waals surface area contributed by atoms with Crippen molar-refractivity contribution in [3.63, 3.8) is 0 Å². The molecule has 0 aliphatic carbocycles. The Morgan fingerprint density at radius 3 is 1.98 bits per heavy atom. The van der Waals surface area contributed by atoms with E-state index >= 15 is 0 Å². The molecule has 1 aliphatic rings. The molecule has 1 fully saturated rings. The highest BCUT2D eigenvalue weighted by molar-refractivity contribution is 6.31. The maximum absolute atomic E-state index is 13.5. The molecule has 6 nitrogen and oxygen atoms in total. The summed E-state index contributed by atoms with van der Waals surface area (Å²) in [5.74, 6) is -3.00. The van der Waals surface area contributed by atoms with Gasteiger partial charge in [-0.3, -0.25) is 19.4 Å². The summed E-state index contributed by atoms with van der Waals surface area (Å²) in [5, 5.41) is 1.31. The van der Waals surface area contributed by atoms with Gasteiger partial charge >= 0.3 is 6.03 Å². The zero-order valence-corrected chi connectivity index (χ0v) is 22.7. The lowest BCUT2D eigenvalue weighted by atomic mass is 9.78. The van der Waals surface area contributed by atoms with Gasteiger partial charge in [0.1, 0.15) is 5.92 Å². The summed E-state index contributed by atoms with van der Waals surface area (Å²) in [5.41, 5.74) is 6.52. The van der Waals surface area contributed by atoms with Crippen molar-refractivity contribution in [2.75, 3.05) is 14.1 Å². The molecule has 0 saturated carbocycles. The van der Waals surface area contributed by atoms with Crippen molar-refractivity contribution in [3.05, 3.63) is 119 Å². The SMILES string of the molecule is CN1C(=O)C(C(c2ccccc2Cl)c2c[nH]c3ccc(-c4ccccc4-c4ccccc4)cc23)C(=O)N(C)C1=O. The van der Waals surface area contributed by atoms with E-state index in [4.69, 9.17) is 11.6 Å². The van der Waals surface area contributed by atoms with Gasteiger partial charge in [-0.2, -0.15) is 0 Å². The van der Waals surface area contributed by atoms with Crippen molar-refractivity contribution in [2.45, 2.75) is 5.92 Å². The predicted octanol–water partition coefficient (Wildman–Crippen LogP) is 6.95. The maximum atomic E-state index is 13.5. The number of urea groups is 1. The normalized spacial score (nSPS) is 15.2. The third kappa shape index (κ3) is 4.17. The fourth-order valence-electron chi connectivity index (χ4n) is 5.65. The van der Waals surface area contributed by atoms with Gasteiger partial charge < -0.3 is 4.98 Å². The number of hydrogen-bond donors (Lipinski definition) is 1. The van der Waals surface area contributed by atoms with Crippen LogP contribution in [0, 0.1) is 5.92 Å². The van der Waals surface area contributed by atoms with Gasteiger partial charge in [0, 0.05) is 42.1 Å². The molecule has 0 radical (unpaired) electrons. The Kier molecular flexibility index (Phi) is 6.48. The van der Waals surface area contributed by atoms with Crippen LogP contribution in [0.3, 0.4) is 0 Å². The molecule has 1 aromatic heterocycles. The Bertz CT molecular complexity index is 1750. The first-order valence-corrected chi connectivity index (χ1v) is 13.3. The summed E-state index contributed by atoms with van der Waals surface area (Å²) in [6.07, 6.45) is 1.84. The number of fused-ring (bicyclic) bond motifs is 1. The highest BCUT2D eigenvalue weighted by Crippen LogP contribution is 2.43. The summed E-state index contributed by atoms with van der Waals surface area (Å²) in [6.45, 7) is 0. The van der Waals surface area contributed by atoms with Crippen LogP contribution in [0.2, 0.25) is 5.02 Å². The van der Waals surface area contributed by atoms with E-state index in [2.05, 4.69) is 41.4 Å². The standard InChI is InChI=1S/C33H26ClN3O3/c1-36-31(38)30(32(39)37(2)33(36)40)29(24-14-8-9-15-27(24)34)26-19-35-28-17-16-21(18-25(26)28)23-13-7-6-12-22(23)20-10-4-3-5-11-20/h3-19,29-30,35H,1-2H3. The molecule has 1 saturated heterocycles. The van der Waals surface area contributed by atoms with Crippen LogP contribution in [0.25, 0.3) is 33.2 Å². The molecule has 1 N–H and O–H groups in total. The van der Waals surface area contributed by atoms with Crippen molar-refractivity contribution >= 4 is 40.3 Å². The number of imide groups is 2. The lowest BCUT2D eigenvalue weighted by Crippen LogP contribution is -2.58. The van der Waals surface area contributed by atoms with Gasteiger partial charge in [-0.15, -0.1) is 0 Å². The van der Waals surface area contributed by atoms with Crippen LogP contribution < -0.4 is 0 Å². The maximum Gasteiger partial charge on any atom is 0.332 e. The molecule has 1 aliphatic heterocycles. The molecule has 4 aromatic carbocycles. The first kappa shape index (κ1) is 25.6. The number of rotatable bonds is 5. The Morgan fingerprint density at radius 2 is 1.30 bits per heavy atom. The van der Waals surface area contributed by atoms with Crippen LogP contribution in [0.1, 0.15) is 17.0 Å². The second-order valence-corrected chi connectivity index (χ2v) is 10.4. The molecule has 0 spiro atoms. The number of nitrogens with zero attached hydrogens (tertiary/aromatic N) is 2. The number of hydrogen-bond acceptors (Lipinski definition) is 3. The quantitative estimate of drug-likeness (QED) is 0.242. The highest BCUT2D eigenvalue weighted by atomic mass is 35.5. The molecule has 6 rings (SSSR count). The Hall–Kier alpha value is -4.68. The number of barbiturate groups is 1. The summed E-state index contributed by atoms with van der Waals surface area (Å²) in [6, 6.07) is 31.1. The van der Waals surface area contributed by atoms with Crippen molar-refractivity contribution in [1.29, 1.82) is 0 Å². The number of amides is 4. The summed E-state index contributed by atoms with van der Waals surface area (Å²) in [7, 11) is 2.80. The summed E-state index contributed by atoms with van der Waals surface area (Å²) < 4.78 is 0. The van der Waals surface area contributed by atoms with Crippen LogP contribution in [0.4, 0.5) is 4.79 Å². The Balaban J connectivity index is 1.56. The predicted molar refractivity (Wildman–Crippen MR) is 157 cm³/mol. The van der Waals surface area contributed by atoms with Gasteiger partial charge in [0.05, 0.1) is 0 Å². The van der Waals surface area contributed by atoms with Gasteiger partial charge in [-0.05, 0) is 51.6 Å². The van der Waals surface area contributed by atoms with E-state index < -0.39 is 29.7 Å². The molecule has 5 aromatic rings. The molecule has 1 unspecified atom stereocenters. The van der Waals surface area contributed by atoms with E-state index in [0.29, 0.717) is 10.6 Å². The van der Waals surface area contributed by atoms with Gasteiger partial charge in [0.25, 0.3) is 0 Å². The third-order valence-electron chi connectivity index (χ3n) is 7.71. The van der Waals surface area contributed by atoms with E-state index in [1.165, 1.54) is 14.1 Å². The topological polar surface area (TPSA) is 73.5 Å². The van der Waals surface area contributed by atoms with Gasteiger partial charge in [0.2, 0.25) is 11.8 Å². The number of H-pyrrole nitrogens is 1. The third-order valence-corrected chi connectivity index (χ3v) is 8.06. The van der Waals surface area contributed by atoms with Gasteiger partial charge in [-0.1, -0.05) is 90.5 Å². The number of benzene rings is 4. The Labute approximate surface area is 236 Å². The largest absolute Gasteiger partial charge is 0.361 e. The molecular formula is C33H26ClN3O3. The number of halogens is 1. The minimum atomic E-state index is -1.16. The Morgan fingerprint density at radius 1 is 0.700 bits per heavy atom. The zero-order chi connectivity index (χ0) is 28.0. The van der Waals surface area contributed by atoms with E-state index in [1.54, 1.807) is 6.07 Å². The smallest absolute Gasteiger partial charge is 0.332 e. The number of carbonyl (C=O) groups is 3. The molecule has 0 bridgehead atoms. The minimum absolute atomic E-state index is 0.440. The summed E-state index contributed by atoms with van der Waals surface area (Å²) >= 11 is 6.69. The van der Waals surface area contributed by atoms with Crippen molar-refractivity contribution in [1.82, 2.24) is 14.8 Å². The minimum Gasteiger partial charge on any atom is -0.361 e. The van der Waals surface area contributed by atoms with Crippen molar-refractivity contribution in [3.8, 4) is 22.3 Å². The number of aromatic nitrogens is 1. The van der Waals surface area contributed by atoms with Crippen LogP contribution in [-0.4, -0.2) is 46.7 Å². The van der Waals surface area contributed by atoms with Crippen LogP contribution in [0.5, 0.6) is 0 Å². The van der Waals surface area contributed by atoms with Gasteiger partial charge in [-0.25, -0.2) is 4.79 Å². The monoisotopic (exact) mass is 547 g/mol. The molecule has 4 amide bonds. The lowest BCUT2D eigenvalue weighted by Gasteiger charge is -2.37. The van der Waals surface area contributed by atoms with E-state index in [0.717, 1.165) is 48.5 Å². The molecule has 2 heterocycles. The molecule has 198 valence electrons. The molecule has 7 heteroatoms. The number of aromatic amines is 1. The van der Waals surface area contributed by atoms with Crippen molar-refractivity contribution in [2.24, 2.45) is 5.92 Å². The number of nitrogens with one attached hydrogen (secondary N) is 1. The van der Waals surface area contributed by atoms with Crippen LogP contribution >= 0.6 is 11.6 Å². The number of carbonyl (C=O) groups excluding carboxylic acids is 3. The van der Waals surface area contributed by atoms with Crippen LogP contribution in [0.15, 0.2) is 103 Å². The lowest BCUT2D eigenvalue weighted by molar-refractivity contribution is -0.148. The molecule has 40 heavy (non-hydrogen) atoms. The zero-order valence-electron chi connectivity index (χ0n) is 22.0. The average Bonchev–Trinajstić information content (AvgIpc) is 3.41. The summed E-state index contributed by atoms with van der Waals surface area (Å²) in [4.78, 5) is 45.0. The second-order valence-electron chi connectivity index (χ2n) is 9.97. The van der Waals surface area contributed by atoms with Crippen LogP contribution in [-0.2, 0) is 9.59 Å². The molecule has 1 atom stereocenters. The highest BCUT2D eigenvalue weighted by Gasteiger charge is 2.48. The van der Waals surface area contributed by atoms with E-state index in [9.17, 15) is 14.4 Å². The van der Waals surface area contributed by atoms with E-state index in [-0.39, 0.29) is 0 Å².